The summed E-state index contributed by atoms with van der Waals surface area (Å²) >= 11 is 12.3. The molecule has 2 aromatic carbocycles. The van der Waals surface area contributed by atoms with Gasteiger partial charge in [-0.2, -0.15) is 0 Å². The number of hydrogen-bond donors (Lipinski definition) is 1. The molecule has 21 heavy (non-hydrogen) atoms. The Kier molecular flexibility index (Phi) is 5.09. The first-order chi connectivity index (χ1) is 9.93. The molecular weight excluding hydrogens is 314 g/mol. The van der Waals surface area contributed by atoms with Gasteiger partial charge in [-0.05, 0) is 43.2 Å². The summed E-state index contributed by atoms with van der Waals surface area (Å²) in [5.74, 6) is 0.0406. The predicted octanol–water partition coefficient (Wildman–Crippen LogP) is 4.92. The van der Waals surface area contributed by atoms with Gasteiger partial charge in [0.05, 0.1) is 16.7 Å². The maximum Gasteiger partial charge on any atom is 0.139 e. The van der Waals surface area contributed by atoms with Crippen molar-refractivity contribution in [2.24, 2.45) is 0 Å². The summed E-state index contributed by atoms with van der Waals surface area (Å²) in [7, 11) is 0. The van der Waals surface area contributed by atoms with Gasteiger partial charge >= 0.3 is 0 Å². The van der Waals surface area contributed by atoms with E-state index in [2.05, 4.69) is 0 Å². The van der Waals surface area contributed by atoms with Crippen LogP contribution in [0.1, 0.15) is 29.7 Å². The second-order valence-corrected chi connectivity index (χ2v) is 5.46. The molecule has 112 valence electrons. The summed E-state index contributed by atoms with van der Waals surface area (Å²) in [4.78, 5) is 0. The van der Waals surface area contributed by atoms with Gasteiger partial charge < -0.3 is 9.84 Å². The van der Waals surface area contributed by atoms with Crippen LogP contribution in [0.4, 0.5) is 4.39 Å². The molecule has 0 bridgehead atoms. The van der Waals surface area contributed by atoms with E-state index in [9.17, 15) is 9.50 Å². The molecule has 1 unspecified atom stereocenters. The number of aliphatic hydroxyl groups is 1. The number of halogens is 3. The highest BCUT2D eigenvalue weighted by molar-refractivity contribution is 6.34. The molecule has 2 aromatic rings. The maximum atomic E-state index is 13.4. The van der Waals surface area contributed by atoms with Crippen molar-refractivity contribution < 1.29 is 14.2 Å². The minimum atomic E-state index is -1.05. The molecule has 0 aliphatic rings. The van der Waals surface area contributed by atoms with E-state index in [1.807, 2.05) is 6.92 Å². The standard InChI is InChI=1S/C16H15Cl2FO2/c1-3-21-15-8-13(17)12(7-14(15)18)16(20)11-6-10(19)5-4-9(11)2/h4-8,16,20H,3H2,1-2H3. The van der Waals surface area contributed by atoms with Crippen molar-refractivity contribution >= 4 is 23.2 Å². The summed E-state index contributed by atoms with van der Waals surface area (Å²) in [6.07, 6.45) is -1.05. The van der Waals surface area contributed by atoms with Crippen molar-refractivity contribution in [2.45, 2.75) is 20.0 Å². The quantitative estimate of drug-likeness (QED) is 0.863. The molecule has 0 spiro atoms. The number of ether oxygens (including phenoxy) is 1. The average molecular weight is 329 g/mol. The fraction of sp³-hybridized carbons (Fsp3) is 0.250. The first-order valence-electron chi connectivity index (χ1n) is 6.50. The van der Waals surface area contributed by atoms with Crippen molar-refractivity contribution in [1.29, 1.82) is 0 Å². The number of rotatable bonds is 4. The van der Waals surface area contributed by atoms with E-state index >= 15 is 0 Å². The molecule has 2 rings (SSSR count). The molecule has 0 heterocycles. The zero-order valence-corrected chi connectivity index (χ0v) is 13.2. The molecule has 0 aromatic heterocycles. The fourth-order valence-electron chi connectivity index (χ4n) is 2.09. The van der Waals surface area contributed by atoms with E-state index < -0.39 is 11.9 Å². The van der Waals surface area contributed by atoms with Crippen LogP contribution in [-0.4, -0.2) is 11.7 Å². The van der Waals surface area contributed by atoms with Crippen LogP contribution in [0.5, 0.6) is 5.75 Å². The number of aryl methyl sites for hydroxylation is 1. The largest absolute Gasteiger partial charge is 0.492 e. The average Bonchev–Trinajstić information content (AvgIpc) is 2.44. The highest BCUT2D eigenvalue weighted by Crippen LogP contribution is 2.37. The van der Waals surface area contributed by atoms with Gasteiger partial charge in [-0.3, -0.25) is 0 Å². The van der Waals surface area contributed by atoms with Crippen LogP contribution in [0.15, 0.2) is 30.3 Å². The van der Waals surface area contributed by atoms with E-state index in [4.69, 9.17) is 27.9 Å². The Bertz CT molecular complexity index is 659. The first-order valence-corrected chi connectivity index (χ1v) is 7.25. The molecule has 0 saturated heterocycles. The van der Waals surface area contributed by atoms with Gasteiger partial charge in [-0.25, -0.2) is 4.39 Å². The lowest BCUT2D eigenvalue weighted by Crippen LogP contribution is -2.04. The topological polar surface area (TPSA) is 29.5 Å². The lowest BCUT2D eigenvalue weighted by molar-refractivity contribution is 0.219. The van der Waals surface area contributed by atoms with Gasteiger partial charge in [0.1, 0.15) is 17.7 Å². The molecule has 0 fully saturated rings. The van der Waals surface area contributed by atoms with Gasteiger partial charge in [-0.15, -0.1) is 0 Å². The summed E-state index contributed by atoms with van der Waals surface area (Å²) in [5.41, 5.74) is 1.64. The van der Waals surface area contributed by atoms with Crippen LogP contribution >= 0.6 is 23.2 Å². The van der Waals surface area contributed by atoms with Crippen molar-refractivity contribution in [3.63, 3.8) is 0 Å². The van der Waals surface area contributed by atoms with E-state index in [1.165, 1.54) is 12.1 Å². The minimum Gasteiger partial charge on any atom is -0.492 e. The summed E-state index contributed by atoms with van der Waals surface area (Å²) in [6.45, 7) is 4.09. The van der Waals surface area contributed by atoms with Crippen molar-refractivity contribution in [2.75, 3.05) is 6.61 Å². The van der Waals surface area contributed by atoms with Crippen molar-refractivity contribution in [3.05, 3.63) is 62.9 Å². The zero-order chi connectivity index (χ0) is 15.6. The Hall–Kier alpha value is -1.29. The van der Waals surface area contributed by atoms with E-state index in [0.717, 1.165) is 5.56 Å². The molecule has 1 atom stereocenters. The Balaban J connectivity index is 2.46. The van der Waals surface area contributed by atoms with Crippen LogP contribution < -0.4 is 4.74 Å². The highest BCUT2D eigenvalue weighted by atomic mass is 35.5. The molecule has 0 aliphatic carbocycles. The Morgan fingerprint density at radius 3 is 2.52 bits per heavy atom. The third-order valence-electron chi connectivity index (χ3n) is 3.18. The second-order valence-electron chi connectivity index (χ2n) is 4.64. The monoisotopic (exact) mass is 328 g/mol. The number of benzene rings is 2. The van der Waals surface area contributed by atoms with E-state index in [0.29, 0.717) is 33.5 Å². The molecule has 1 N–H and O–H groups in total. The summed E-state index contributed by atoms with van der Waals surface area (Å²) in [6, 6.07) is 7.35. The fourth-order valence-corrected chi connectivity index (χ4v) is 2.58. The molecule has 5 heteroatoms. The minimum absolute atomic E-state index is 0.319. The molecule has 0 amide bonds. The van der Waals surface area contributed by atoms with E-state index in [1.54, 1.807) is 25.1 Å². The van der Waals surface area contributed by atoms with Crippen LogP contribution in [-0.2, 0) is 0 Å². The van der Waals surface area contributed by atoms with E-state index in [-0.39, 0.29) is 0 Å². The molecule has 0 aliphatic heterocycles. The number of aliphatic hydroxyl groups excluding tert-OH is 1. The predicted molar refractivity (Wildman–Crippen MR) is 82.8 cm³/mol. The van der Waals surface area contributed by atoms with Crippen LogP contribution in [0.2, 0.25) is 10.0 Å². The van der Waals surface area contributed by atoms with Crippen LogP contribution in [0.25, 0.3) is 0 Å². The van der Waals surface area contributed by atoms with Crippen molar-refractivity contribution in [3.8, 4) is 5.75 Å². The lowest BCUT2D eigenvalue weighted by atomic mass is 9.97. The van der Waals surface area contributed by atoms with Gasteiger partial charge in [-0.1, -0.05) is 29.3 Å². The Labute approximate surface area is 133 Å². The normalized spacial score (nSPS) is 12.3. The zero-order valence-electron chi connectivity index (χ0n) is 11.7. The SMILES string of the molecule is CCOc1cc(Cl)c(C(O)c2cc(F)ccc2C)cc1Cl. The van der Waals surface area contributed by atoms with Gasteiger partial charge in [0.15, 0.2) is 0 Å². The summed E-state index contributed by atoms with van der Waals surface area (Å²) in [5, 5.41) is 11.1. The third kappa shape index (κ3) is 3.49. The molecule has 0 saturated carbocycles. The molecule has 0 radical (unpaired) electrons. The third-order valence-corrected chi connectivity index (χ3v) is 3.80. The lowest BCUT2D eigenvalue weighted by Gasteiger charge is -2.17. The molecular formula is C16H15Cl2FO2. The first kappa shape index (κ1) is 16.1. The van der Waals surface area contributed by atoms with Crippen molar-refractivity contribution in [1.82, 2.24) is 0 Å². The van der Waals surface area contributed by atoms with Gasteiger partial charge in [0.25, 0.3) is 0 Å². The maximum absolute atomic E-state index is 13.4. The van der Waals surface area contributed by atoms with Gasteiger partial charge in [0, 0.05) is 11.6 Å². The highest BCUT2D eigenvalue weighted by Gasteiger charge is 2.19. The second kappa shape index (κ2) is 6.65. The molecule has 2 nitrogen and oxygen atoms in total. The Morgan fingerprint density at radius 1 is 1.14 bits per heavy atom. The number of hydrogen-bond acceptors (Lipinski definition) is 2. The smallest absolute Gasteiger partial charge is 0.139 e. The van der Waals surface area contributed by atoms with Crippen LogP contribution in [0.3, 0.4) is 0 Å². The summed E-state index contributed by atoms with van der Waals surface area (Å²) < 4.78 is 18.7. The van der Waals surface area contributed by atoms with Gasteiger partial charge in [0.2, 0.25) is 0 Å². The Morgan fingerprint density at radius 2 is 1.86 bits per heavy atom. The van der Waals surface area contributed by atoms with Crippen LogP contribution in [0, 0.1) is 12.7 Å².